The Bertz CT molecular complexity index is 809. The molecule has 0 bridgehead atoms. The second-order valence-electron chi connectivity index (χ2n) is 6.42. The van der Waals surface area contributed by atoms with E-state index in [9.17, 15) is 18.0 Å². The maximum absolute atomic E-state index is 12.2. The molecule has 2 N–H and O–H groups in total. The van der Waals surface area contributed by atoms with Gasteiger partial charge in [0.05, 0.1) is 6.04 Å². The fourth-order valence-electron chi connectivity index (χ4n) is 3.08. The number of alkyl halides is 3. The fourth-order valence-corrected chi connectivity index (χ4v) is 3.08. The van der Waals surface area contributed by atoms with E-state index in [0.717, 1.165) is 0 Å². The van der Waals surface area contributed by atoms with Gasteiger partial charge in [0.2, 0.25) is 11.7 Å². The predicted octanol–water partition coefficient (Wildman–Crippen LogP) is 2.70. The van der Waals surface area contributed by atoms with Crippen molar-refractivity contribution in [1.29, 1.82) is 0 Å². The minimum Gasteiger partial charge on any atom is -0.406 e. The van der Waals surface area contributed by atoms with E-state index in [-0.39, 0.29) is 29.7 Å². The van der Waals surface area contributed by atoms with E-state index in [2.05, 4.69) is 25.5 Å². The van der Waals surface area contributed by atoms with Crippen LogP contribution in [0.15, 0.2) is 28.8 Å². The largest absolute Gasteiger partial charge is 0.573 e. The van der Waals surface area contributed by atoms with E-state index >= 15 is 0 Å². The number of hydrogen-bond acceptors (Lipinski definition) is 6. The Hall–Kier alpha value is -2.82. The SMILES string of the molecule is CCNC(=O)N[C@@H]1C[C@@H](c2nc(-c3ccc(OC(F)(F)F)cc3)no2)N(C)C1. The van der Waals surface area contributed by atoms with Gasteiger partial charge < -0.3 is 19.9 Å². The molecular weight excluding hydrogens is 379 g/mol. The first-order valence-electron chi connectivity index (χ1n) is 8.69. The number of carbonyl (C=O) groups is 1. The Kier molecular flexibility index (Phi) is 5.73. The highest BCUT2D eigenvalue weighted by Crippen LogP contribution is 2.31. The average molecular weight is 399 g/mol. The van der Waals surface area contributed by atoms with Crippen LogP contribution in [0.1, 0.15) is 25.3 Å². The third kappa shape index (κ3) is 4.91. The van der Waals surface area contributed by atoms with Crippen molar-refractivity contribution in [3.05, 3.63) is 30.2 Å². The van der Waals surface area contributed by atoms with E-state index in [4.69, 9.17) is 4.52 Å². The molecule has 1 aliphatic rings. The van der Waals surface area contributed by atoms with Crippen molar-refractivity contribution in [1.82, 2.24) is 25.7 Å². The first-order chi connectivity index (χ1) is 13.2. The number of urea groups is 1. The molecule has 0 radical (unpaired) electrons. The number of likely N-dealkylation sites (N-methyl/N-ethyl adjacent to an activating group) is 1. The molecule has 0 saturated carbocycles. The van der Waals surface area contributed by atoms with Gasteiger partial charge in [-0.2, -0.15) is 4.98 Å². The van der Waals surface area contributed by atoms with Crippen LogP contribution in [0.3, 0.4) is 0 Å². The number of amides is 2. The van der Waals surface area contributed by atoms with Crippen LogP contribution >= 0.6 is 0 Å². The van der Waals surface area contributed by atoms with Crippen LogP contribution in [0.4, 0.5) is 18.0 Å². The molecule has 3 rings (SSSR count). The Morgan fingerprint density at radius 1 is 1.36 bits per heavy atom. The maximum atomic E-state index is 12.2. The van der Waals surface area contributed by atoms with Crippen molar-refractivity contribution in [3.8, 4) is 17.1 Å². The zero-order chi connectivity index (χ0) is 20.3. The molecule has 1 aromatic carbocycles. The second-order valence-corrected chi connectivity index (χ2v) is 6.42. The highest BCUT2D eigenvalue weighted by Gasteiger charge is 2.35. The highest BCUT2D eigenvalue weighted by atomic mass is 19.4. The van der Waals surface area contributed by atoms with Gasteiger partial charge in [-0.25, -0.2) is 4.79 Å². The van der Waals surface area contributed by atoms with Crippen LogP contribution in [0.25, 0.3) is 11.4 Å². The van der Waals surface area contributed by atoms with Crippen molar-refractivity contribution in [2.45, 2.75) is 31.8 Å². The molecule has 0 unspecified atom stereocenters. The number of nitrogens with one attached hydrogen (secondary N) is 2. The Balaban J connectivity index is 1.66. The van der Waals surface area contributed by atoms with Crippen LogP contribution in [0.5, 0.6) is 5.75 Å². The number of hydrogen-bond donors (Lipinski definition) is 2. The summed E-state index contributed by atoms with van der Waals surface area (Å²) in [6.07, 6.45) is -4.14. The van der Waals surface area contributed by atoms with Gasteiger partial charge in [0.1, 0.15) is 5.75 Å². The lowest BCUT2D eigenvalue weighted by Gasteiger charge is -2.14. The number of aromatic nitrogens is 2. The van der Waals surface area contributed by atoms with Crippen molar-refractivity contribution in [3.63, 3.8) is 0 Å². The fraction of sp³-hybridized carbons (Fsp3) is 0.471. The molecule has 1 aliphatic heterocycles. The number of halogens is 3. The van der Waals surface area contributed by atoms with Gasteiger partial charge in [-0.3, -0.25) is 4.90 Å². The van der Waals surface area contributed by atoms with Gasteiger partial charge in [0, 0.05) is 24.7 Å². The van der Waals surface area contributed by atoms with Gasteiger partial charge in [0.15, 0.2) is 0 Å². The number of nitrogens with zero attached hydrogens (tertiary/aromatic N) is 3. The van der Waals surface area contributed by atoms with Crippen molar-refractivity contribution >= 4 is 6.03 Å². The van der Waals surface area contributed by atoms with Crippen LogP contribution < -0.4 is 15.4 Å². The highest BCUT2D eigenvalue weighted by molar-refractivity contribution is 5.74. The summed E-state index contributed by atoms with van der Waals surface area (Å²) in [4.78, 5) is 18.0. The molecular formula is C17H20F3N5O3. The minimum atomic E-state index is -4.74. The molecule has 0 aliphatic carbocycles. The molecule has 2 atom stereocenters. The number of carbonyl (C=O) groups excluding carboxylic acids is 1. The molecule has 152 valence electrons. The van der Waals surface area contributed by atoms with E-state index in [1.165, 1.54) is 24.3 Å². The second kappa shape index (κ2) is 8.05. The summed E-state index contributed by atoms with van der Waals surface area (Å²) in [5, 5.41) is 9.48. The van der Waals surface area contributed by atoms with Gasteiger partial charge in [-0.05, 0) is 44.7 Å². The van der Waals surface area contributed by atoms with Crippen LogP contribution in [-0.4, -0.2) is 53.6 Å². The number of rotatable bonds is 5. The molecule has 1 fully saturated rings. The number of likely N-dealkylation sites (tertiary alicyclic amines) is 1. The minimum absolute atomic E-state index is 0.0595. The molecule has 11 heteroatoms. The first-order valence-corrected chi connectivity index (χ1v) is 8.69. The summed E-state index contributed by atoms with van der Waals surface area (Å²) in [7, 11) is 1.89. The van der Waals surface area contributed by atoms with Crippen molar-refractivity contribution in [2.75, 3.05) is 20.1 Å². The first kappa shape index (κ1) is 19.9. The van der Waals surface area contributed by atoms with E-state index in [1.54, 1.807) is 0 Å². The summed E-state index contributed by atoms with van der Waals surface area (Å²) >= 11 is 0. The third-order valence-electron chi connectivity index (χ3n) is 4.29. The molecule has 0 spiro atoms. The summed E-state index contributed by atoms with van der Waals surface area (Å²) in [5.74, 6) is 0.324. The van der Waals surface area contributed by atoms with Crippen LogP contribution in [-0.2, 0) is 0 Å². The topological polar surface area (TPSA) is 92.5 Å². The van der Waals surface area contributed by atoms with Crippen LogP contribution in [0.2, 0.25) is 0 Å². The van der Waals surface area contributed by atoms with Crippen molar-refractivity contribution < 1.29 is 27.2 Å². The molecule has 2 heterocycles. The number of ether oxygens (including phenoxy) is 1. The van der Waals surface area contributed by atoms with E-state index in [0.29, 0.717) is 31.0 Å². The maximum Gasteiger partial charge on any atom is 0.573 e. The lowest BCUT2D eigenvalue weighted by Crippen LogP contribution is -2.42. The van der Waals surface area contributed by atoms with Crippen molar-refractivity contribution in [2.24, 2.45) is 0 Å². The quantitative estimate of drug-likeness (QED) is 0.803. The standard InChI is InChI=1S/C17H20F3N5O3/c1-3-21-16(26)22-11-8-13(25(2)9-11)15-23-14(24-28-15)10-4-6-12(7-5-10)27-17(18,19)20/h4-7,11,13H,3,8-9H2,1-2H3,(H2,21,22,26)/t11-,13+/m1/s1. The van der Waals surface area contributed by atoms with E-state index < -0.39 is 6.36 Å². The normalized spacial score (nSPS) is 20.2. The van der Waals surface area contributed by atoms with E-state index in [1.807, 2.05) is 18.9 Å². The van der Waals surface area contributed by atoms with Gasteiger partial charge in [-0.1, -0.05) is 5.16 Å². The molecule has 2 aromatic rings. The lowest BCUT2D eigenvalue weighted by atomic mass is 10.1. The van der Waals surface area contributed by atoms with Crippen LogP contribution in [0, 0.1) is 0 Å². The summed E-state index contributed by atoms with van der Waals surface area (Å²) in [6.45, 7) is 3.01. The molecule has 1 saturated heterocycles. The summed E-state index contributed by atoms with van der Waals surface area (Å²) in [5.41, 5.74) is 0.502. The third-order valence-corrected chi connectivity index (χ3v) is 4.29. The Morgan fingerprint density at radius 3 is 2.71 bits per heavy atom. The average Bonchev–Trinajstić information content (AvgIpc) is 3.21. The monoisotopic (exact) mass is 399 g/mol. The Morgan fingerprint density at radius 2 is 2.07 bits per heavy atom. The van der Waals surface area contributed by atoms with Gasteiger partial charge in [0.25, 0.3) is 0 Å². The molecule has 1 aromatic heterocycles. The zero-order valence-electron chi connectivity index (χ0n) is 15.3. The van der Waals surface area contributed by atoms with Gasteiger partial charge >= 0.3 is 12.4 Å². The predicted molar refractivity (Wildman–Crippen MR) is 92.4 cm³/mol. The molecule has 28 heavy (non-hydrogen) atoms. The lowest BCUT2D eigenvalue weighted by molar-refractivity contribution is -0.274. The summed E-state index contributed by atoms with van der Waals surface area (Å²) in [6, 6.07) is 4.77. The van der Waals surface area contributed by atoms with Gasteiger partial charge in [-0.15, -0.1) is 13.2 Å². The zero-order valence-corrected chi connectivity index (χ0v) is 15.3. The summed E-state index contributed by atoms with van der Waals surface area (Å²) < 4.78 is 45.9. The smallest absolute Gasteiger partial charge is 0.406 e. The molecule has 2 amide bonds. The number of benzene rings is 1. The molecule has 8 nitrogen and oxygen atoms in total. The Labute approximate surface area is 159 Å².